The van der Waals surface area contributed by atoms with Crippen molar-refractivity contribution in [3.05, 3.63) is 65.2 Å². The van der Waals surface area contributed by atoms with Crippen LogP contribution in [-0.4, -0.2) is 18.2 Å². The number of rotatable bonds is 4. The molecule has 0 fully saturated rings. The summed E-state index contributed by atoms with van der Waals surface area (Å²) in [6, 6.07) is 14.2. The van der Waals surface area contributed by atoms with E-state index in [0.717, 1.165) is 16.9 Å². The third-order valence-corrected chi connectivity index (χ3v) is 2.83. The molecule has 0 spiro atoms. The fraction of sp³-hybridized carbons (Fsp3) is 0.188. The van der Waals surface area contributed by atoms with Gasteiger partial charge in [-0.05, 0) is 35.4 Å². The molecule has 0 aliphatic rings. The smallest absolute Gasteiger partial charge is 0.335 e. The number of carbonyl (C=O) groups is 1. The number of carboxylic acid groups (broad SMARTS) is 1. The van der Waals surface area contributed by atoms with E-state index in [2.05, 4.69) is 0 Å². The van der Waals surface area contributed by atoms with E-state index in [1.54, 1.807) is 31.4 Å². The number of aromatic carboxylic acids is 1. The summed E-state index contributed by atoms with van der Waals surface area (Å²) in [5, 5.41) is 8.52. The summed E-state index contributed by atoms with van der Waals surface area (Å²) in [4.78, 5) is 10.4. The van der Waals surface area contributed by atoms with Gasteiger partial charge < -0.3 is 21.3 Å². The van der Waals surface area contributed by atoms with Gasteiger partial charge in [0.1, 0.15) is 5.75 Å². The number of benzene rings is 2. The number of hydrogen-bond acceptors (Lipinski definition) is 4. The average Bonchev–Trinajstić information content (AvgIpc) is 2.55. The van der Waals surface area contributed by atoms with Crippen molar-refractivity contribution in [2.75, 3.05) is 7.11 Å². The lowest BCUT2D eigenvalue weighted by Crippen LogP contribution is -1.99. The normalized spacial score (nSPS) is 9.48. The van der Waals surface area contributed by atoms with Crippen molar-refractivity contribution in [1.29, 1.82) is 0 Å². The molecule has 0 unspecified atom stereocenters. The molecular formula is C16H20N2O3. The zero-order chi connectivity index (χ0) is 15.7. The highest BCUT2D eigenvalue weighted by Crippen LogP contribution is 2.10. The first-order valence-corrected chi connectivity index (χ1v) is 6.46. The van der Waals surface area contributed by atoms with Crippen molar-refractivity contribution in [3.63, 3.8) is 0 Å². The quantitative estimate of drug-likeness (QED) is 0.799. The van der Waals surface area contributed by atoms with E-state index < -0.39 is 5.97 Å². The van der Waals surface area contributed by atoms with E-state index in [0.29, 0.717) is 18.7 Å². The first-order valence-electron chi connectivity index (χ1n) is 6.46. The highest BCUT2D eigenvalue weighted by molar-refractivity contribution is 5.87. The van der Waals surface area contributed by atoms with E-state index in [-0.39, 0.29) is 0 Å². The fourth-order valence-corrected chi connectivity index (χ4v) is 1.55. The minimum Gasteiger partial charge on any atom is -0.497 e. The standard InChI is InChI=1S/C8H9NO2.C8H11NO/c9-5-6-1-3-7(4-2-6)8(10)11;1-10-8-4-2-7(6-9)3-5-8/h1-4H,5,9H2,(H,10,11);2-5H,6,9H2,1H3. The van der Waals surface area contributed by atoms with Gasteiger partial charge in [-0.3, -0.25) is 0 Å². The van der Waals surface area contributed by atoms with Crippen LogP contribution in [0.1, 0.15) is 21.5 Å². The van der Waals surface area contributed by atoms with Crippen LogP contribution in [0.15, 0.2) is 48.5 Å². The maximum Gasteiger partial charge on any atom is 0.335 e. The van der Waals surface area contributed by atoms with Gasteiger partial charge in [0.05, 0.1) is 12.7 Å². The second-order valence-corrected chi connectivity index (χ2v) is 4.26. The van der Waals surface area contributed by atoms with Crippen LogP contribution in [0.3, 0.4) is 0 Å². The highest BCUT2D eigenvalue weighted by Gasteiger charge is 1.99. The Morgan fingerprint density at radius 1 is 0.952 bits per heavy atom. The topological polar surface area (TPSA) is 98.6 Å². The Morgan fingerprint density at radius 2 is 1.38 bits per heavy atom. The van der Waals surface area contributed by atoms with Gasteiger partial charge in [0.2, 0.25) is 0 Å². The van der Waals surface area contributed by atoms with Crippen molar-refractivity contribution in [3.8, 4) is 5.75 Å². The molecule has 0 radical (unpaired) electrons. The van der Waals surface area contributed by atoms with E-state index in [9.17, 15) is 4.79 Å². The Balaban J connectivity index is 0.000000211. The van der Waals surface area contributed by atoms with Gasteiger partial charge in [-0.1, -0.05) is 24.3 Å². The van der Waals surface area contributed by atoms with Crippen LogP contribution in [-0.2, 0) is 13.1 Å². The zero-order valence-corrected chi connectivity index (χ0v) is 12.0. The molecule has 2 rings (SSSR count). The second kappa shape index (κ2) is 8.73. The summed E-state index contributed by atoms with van der Waals surface area (Å²) >= 11 is 0. The molecule has 0 heterocycles. The molecule has 5 N–H and O–H groups in total. The largest absolute Gasteiger partial charge is 0.497 e. The monoisotopic (exact) mass is 288 g/mol. The van der Waals surface area contributed by atoms with Crippen LogP contribution >= 0.6 is 0 Å². The van der Waals surface area contributed by atoms with Crippen LogP contribution in [0.5, 0.6) is 5.75 Å². The lowest BCUT2D eigenvalue weighted by atomic mass is 10.1. The molecule has 0 amide bonds. The summed E-state index contributed by atoms with van der Waals surface area (Å²) in [5.74, 6) is -0.0363. The zero-order valence-electron chi connectivity index (χ0n) is 12.0. The van der Waals surface area contributed by atoms with Crippen LogP contribution < -0.4 is 16.2 Å². The van der Waals surface area contributed by atoms with Crippen molar-refractivity contribution in [1.82, 2.24) is 0 Å². The summed E-state index contributed by atoms with van der Waals surface area (Å²) < 4.78 is 4.97. The van der Waals surface area contributed by atoms with Gasteiger partial charge in [-0.25, -0.2) is 4.79 Å². The molecule has 0 aliphatic carbocycles. The van der Waals surface area contributed by atoms with Gasteiger partial charge in [0, 0.05) is 13.1 Å². The molecule has 2 aromatic carbocycles. The number of ether oxygens (including phenoxy) is 1. The minimum atomic E-state index is -0.909. The third-order valence-electron chi connectivity index (χ3n) is 2.83. The predicted molar refractivity (Wildman–Crippen MR) is 82.2 cm³/mol. The van der Waals surface area contributed by atoms with Crippen molar-refractivity contribution in [2.24, 2.45) is 11.5 Å². The number of nitrogens with two attached hydrogens (primary N) is 2. The fourth-order valence-electron chi connectivity index (χ4n) is 1.55. The van der Waals surface area contributed by atoms with Crippen molar-refractivity contribution >= 4 is 5.97 Å². The van der Waals surface area contributed by atoms with E-state index in [1.165, 1.54) is 0 Å². The van der Waals surface area contributed by atoms with E-state index >= 15 is 0 Å². The molecule has 112 valence electrons. The van der Waals surface area contributed by atoms with Crippen LogP contribution in [0.4, 0.5) is 0 Å². The Bertz CT molecular complexity index is 528. The first-order chi connectivity index (χ1) is 10.1. The molecule has 0 atom stereocenters. The first kappa shape index (κ1) is 16.7. The Kier molecular flexibility index (Phi) is 6.94. The maximum atomic E-state index is 10.4. The maximum absolute atomic E-state index is 10.4. The molecule has 2 aromatic rings. The highest BCUT2D eigenvalue weighted by atomic mass is 16.5. The predicted octanol–water partition coefficient (Wildman–Crippen LogP) is 2.00. The van der Waals surface area contributed by atoms with Crippen LogP contribution in [0, 0.1) is 0 Å². The number of carboxylic acids is 1. The molecule has 21 heavy (non-hydrogen) atoms. The summed E-state index contributed by atoms with van der Waals surface area (Å²) in [6.45, 7) is 1.03. The lowest BCUT2D eigenvalue weighted by Gasteiger charge is -1.99. The summed E-state index contributed by atoms with van der Waals surface area (Å²) in [7, 11) is 1.65. The number of hydrogen-bond donors (Lipinski definition) is 3. The molecule has 0 saturated heterocycles. The molecule has 5 heteroatoms. The molecule has 0 aromatic heterocycles. The van der Waals surface area contributed by atoms with Crippen LogP contribution in [0.2, 0.25) is 0 Å². The molecule has 0 aliphatic heterocycles. The summed E-state index contributed by atoms with van der Waals surface area (Å²) in [5.41, 5.74) is 13.1. The second-order valence-electron chi connectivity index (χ2n) is 4.26. The van der Waals surface area contributed by atoms with Crippen molar-refractivity contribution in [2.45, 2.75) is 13.1 Å². The summed E-state index contributed by atoms with van der Waals surface area (Å²) in [6.07, 6.45) is 0. The van der Waals surface area contributed by atoms with Gasteiger partial charge in [-0.2, -0.15) is 0 Å². The van der Waals surface area contributed by atoms with E-state index in [1.807, 2.05) is 24.3 Å². The SMILES string of the molecule is COc1ccc(CN)cc1.NCc1ccc(C(=O)O)cc1. The number of methoxy groups -OCH3 is 1. The Morgan fingerprint density at radius 3 is 1.71 bits per heavy atom. The Labute approximate surface area is 124 Å². The Hall–Kier alpha value is -2.37. The van der Waals surface area contributed by atoms with Gasteiger partial charge in [0.25, 0.3) is 0 Å². The molecule has 0 bridgehead atoms. The van der Waals surface area contributed by atoms with Gasteiger partial charge in [0.15, 0.2) is 0 Å². The van der Waals surface area contributed by atoms with Gasteiger partial charge in [-0.15, -0.1) is 0 Å². The molecule has 5 nitrogen and oxygen atoms in total. The lowest BCUT2D eigenvalue weighted by molar-refractivity contribution is 0.0697. The van der Waals surface area contributed by atoms with Gasteiger partial charge >= 0.3 is 5.97 Å². The van der Waals surface area contributed by atoms with Crippen LogP contribution in [0.25, 0.3) is 0 Å². The molecular weight excluding hydrogens is 268 g/mol. The molecule has 0 saturated carbocycles. The van der Waals surface area contributed by atoms with E-state index in [4.69, 9.17) is 21.3 Å². The third kappa shape index (κ3) is 5.64. The minimum absolute atomic E-state index is 0.294. The van der Waals surface area contributed by atoms with Crippen molar-refractivity contribution < 1.29 is 14.6 Å². The average molecular weight is 288 g/mol.